The van der Waals surface area contributed by atoms with Crippen LogP contribution in [0.1, 0.15) is 6.42 Å². The van der Waals surface area contributed by atoms with Crippen LogP contribution >= 0.6 is 24.2 Å². The smallest absolute Gasteiger partial charge is 0.225 e. The molecule has 1 N–H and O–H groups in total. The minimum atomic E-state index is -0.112. The first-order valence-corrected chi connectivity index (χ1v) is 6.18. The number of hydrogen-bond donors (Lipinski definition) is 2. The summed E-state index contributed by atoms with van der Waals surface area (Å²) < 4.78 is 0. The normalized spacial score (nSPS) is 10.5. The second kappa shape index (κ2) is 5.38. The van der Waals surface area contributed by atoms with E-state index in [1.165, 1.54) is 0 Å². The number of benzene rings is 1. The van der Waals surface area contributed by atoms with Crippen LogP contribution < -0.4 is 5.32 Å². The van der Waals surface area contributed by atoms with Crippen molar-refractivity contribution in [3.05, 3.63) is 35.5 Å². The third-order valence-corrected chi connectivity index (χ3v) is 2.80. The summed E-state index contributed by atoms with van der Waals surface area (Å²) in [5.41, 5.74) is 1.35. The number of hydrogen-bond acceptors (Lipinski definition) is 3. The lowest BCUT2D eigenvalue weighted by Crippen LogP contribution is -2.12. The van der Waals surface area contributed by atoms with Crippen LogP contribution in [0.15, 0.2) is 30.3 Å². The molecule has 0 unspecified atom stereocenters. The standard InChI is InChI=1S/C12H11ClN2OS/c13-12-10(14-11(16)5-6-17)7-8-3-1-2-4-9(8)15-12/h1-4,7,17H,5-6H2,(H,14,16). The summed E-state index contributed by atoms with van der Waals surface area (Å²) in [7, 11) is 0. The van der Waals surface area contributed by atoms with Crippen molar-refractivity contribution >= 4 is 46.7 Å². The summed E-state index contributed by atoms with van der Waals surface area (Å²) in [6.07, 6.45) is 0.353. The second-order valence-electron chi connectivity index (χ2n) is 3.54. The fraction of sp³-hybridized carbons (Fsp3) is 0.167. The van der Waals surface area contributed by atoms with Gasteiger partial charge in [0.15, 0.2) is 5.15 Å². The van der Waals surface area contributed by atoms with E-state index in [1.54, 1.807) is 0 Å². The summed E-state index contributed by atoms with van der Waals surface area (Å²) in [4.78, 5) is 15.7. The van der Waals surface area contributed by atoms with Gasteiger partial charge in [-0.25, -0.2) is 4.98 Å². The SMILES string of the molecule is O=C(CCS)Nc1cc2ccccc2nc1Cl. The molecular formula is C12H11ClN2OS. The Morgan fingerprint density at radius 3 is 2.94 bits per heavy atom. The highest BCUT2D eigenvalue weighted by atomic mass is 35.5. The lowest BCUT2D eigenvalue weighted by Gasteiger charge is -2.07. The average molecular weight is 267 g/mol. The highest BCUT2D eigenvalue weighted by Gasteiger charge is 2.07. The van der Waals surface area contributed by atoms with E-state index in [0.717, 1.165) is 10.9 Å². The number of carbonyl (C=O) groups excluding carboxylic acids is 1. The molecule has 1 amide bonds. The van der Waals surface area contributed by atoms with E-state index in [1.807, 2.05) is 30.3 Å². The van der Waals surface area contributed by atoms with Crippen molar-refractivity contribution in [2.24, 2.45) is 0 Å². The number of fused-ring (bicyclic) bond motifs is 1. The highest BCUT2D eigenvalue weighted by Crippen LogP contribution is 2.24. The average Bonchev–Trinajstić information content (AvgIpc) is 2.30. The molecule has 88 valence electrons. The maximum atomic E-state index is 11.5. The Morgan fingerprint density at radius 1 is 1.41 bits per heavy atom. The van der Waals surface area contributed by atoms with Gasteiger partial charge in [-0.1, -0.05) is 29.8 Å². The first-order chi connectivity index (χ1) is 8.20. The molecule has 0 aliphatic rings. The Kier molecular flexibility index (Phi) is 3.86. The molecule has 5 heteroatoms. The number of halogens is 1. The first kappa shape index (κ1) is 12.2. The number of nitrogens with zero attached hydrogens (tertiary/aromatic N) is 1. The third kappa shape index (κ3) is 2.90. The van der Waals surface area contributed by atoms with Gasteiger partial charge >= 0.3 is 0 Å². The van der Waals surface area contributed by atoms with Gasteiger partial charge in [-0.05, 0) is 17.9 Å². The highest BCUT2D eigenvalue weighted by molar-refractivity contribution is 7.80. The van der Waals surface area contributed by atoms with Gasteiger partial charge in [0, 0.05) is 11.8 Å². The number of amides is 1. The Hall–Kier alpha value is -1.26. The number of nitrogens with one attached hydrogen (secondary N) is 1. The zero-order chi connectivity index (χ0) is 12.3. The Labute approximate surface area is 110 Å². The van der Waals surface area contributed by atoms with Crippen LogP contribution in [0.3, 0.4) is 0 Å². The van der Waals surface area contributed by atoms with Gasteiger partial charge in [-0.15, -0.1) is 0 Å². The number of rotatable bonds is 3. The third-order valence-electron chi connectivity index (χ3n) is 2.29. The van der Waals surface area contributed by atoms with Crippen LogP contribution in [0.5, 0.6) is 0 Å². The zero-order valence-electron chi connectivity index (χ0n) is 8.98. The number of pyridine rings is 1. The molecule has 0 bridgehead atoms. The number of anilines is 1. The van der Waals surface area contributed by atoms with Crippen molar-refractivity contribution in [3.8, 4) is 0 Å². The van der Waals surface area contributed by atoms with Crippen LogP contribution in [0, 0.1) is 0 Å². The monoisotopic (exact) mass is 266 g/mol. The van der Waals surface area contributed by atoms with E-state index < -0.39 is 0 Å². The molecule has 0 spiro atoms. The molecule has 1 aromatic heterocycles. The van der Waals surface area contributed by atoms with Crippen molar-refractivity contribution in [1.29, 1.82) is 0 Å². The largest absolute Gasteiger partial charge is 0.323 e. The topological polar surface area (TPSA) is 42.0 Å². The van der Waals surface area contributed by atoms with Crippen LogP contribution in [0.25, 0.3) is 10.9 Å². The molecule has 3 nitrogen and oxygen atoms in total. The van der Waals surface area contributed by atoms with Crippen molar-refractivity contribution in [3.63, 3.8) is 0 Å². The van der Waals surface area contributed by atoms with E-state index in [0.29, 0.717) is 23.0 Å². The number of para-hydroxylation sites is 1. The lowest BCUT2D eigenvalue weighted by molar-refractivity contribution is -0.115. The van der Waals surface area contributed by atoms with Gasteiger partial charge < -0.3 is 5.32 Å². The molecule has 0 saturated carbocycles. The number of carbonyl (C=O) groups is 1. The van der Waals surface area contributed by atoms with E-state index in [2.05, 4.69) is 22.9 Å². The van der Waals surface area contributed by atoms with Crippen molar-refractivity contribution in [1.82, 2.24) is 4.98 Å². The van der Waals surface area contributed by atoms with Crippen LogP contribution in [-0.4, -0.2) is 16.6 Å². The van der Waals surface area contributed by atoms with Crippen molar-refractivity contribution in [2.45, 2.75) is 6.42 Å². The number of aromatic nitrogens is 1. The molecule has 0 aliphatic heterocycles. The Balaban J connectivity index is 2.34. The van der Waals surface area contributed by atoms with Gasteiger partial charge in [0.2, 0.25) is 5.91 Å². The van der Waals surface area contributed by atoms with Gasteiger partial charge in [0.1, 0.15) is 0 Å². The molecule has 1 aromatic carbocycles. The molecule has 0 saturated heterocycles. The molecule has 2 rings (SSSR count). The number of thiol groups is 1. The summed E-state index contributed by atoms with van der Waals surface area (Å²) >= 11 is 10.0. The second-order valence-corrected chi connectivity index (χ2v) is 4.35. The van der Waals surface area contributed by atoms with Crippen LogP contribution in [-0.2, 0) is 4.79 Å². The summed E-state index contributed by atoms with van der Waals surface area (Å²) in [6, 6.07) is 9.43. The fourth-order valence-corrected chi connectivity index (χ4v) is 1.89. The van der Waals surface area contributed by atoms with Gasteiger partial charge in [0.25, 0.3) is 0 Å². The van der Waals surface area contributed by atoms with Crippen LogP contribution in [0.4, 0.5) is 5.69 Å². The van der Waals surface area contributed by atoms with Crippen molar-refractivity contribution in [2.75, 3.05) is 11.1 Å². The molecule has 0 fully saturated rings. The fourth-order valence-electron chi connectivity index (χ4n) is 1.49. The lowest BCUT2D eigenvalue weighted by atomic mass is 10.2. The zero-order valence-corrected chi connectivity index (χ0v) is 10.6. The Morgan fingerprint density at radius 2 is 2.18 bits per heavy atom. The van der Waals surface area contributed by atoms with Gasteiger partial charge in [-0.3, -0.25) is 4.79 Å². The molecular weight excluding hydrogens is 256 g/mol. The quantitative estimate of drug-likeness (QED) is 0.662. The summed E-state index contributed by atoms with van der Waals surface area (Å²) in [5.74, 6) is 0.392. The molecule has 0 radical (unpaired) electrons. The van der Waals surface area contributed by atoms with E-state index >= 15 is 0 Å². The van der Waals surface area contributed by atoms with E-state index in [9.17, 15) is 4.79 Å². The minimum Gasteiger partial charge on any atom is -0.323 e. The maximum absolute atomic E-state index is 11.5. The van der Waals surface area contributed by atoms with E-state index in [4.69, 9.17) is 11.6 Å². The molecule has 2 aromatic rings. The maximum Gasteiger partial charge on any atom is 0.225 e. The van der Waals surface area contributed by atoms with Gasteiger partial charge in [0.05, 0.1) is 11.2 Å². The van der Waals surface area contributed by atoms with Gasteiger partial charge in [-0.2, -0.15) is 12.6 Å². The predicted octanol–water partition coefficient (Wildman–Crippen LogP) is 3.15. The van der Waals surface area contributed by atoms with E-state index in [-0.39, 0.29) is 5.91 Å². The predicted molar refractivity (Wildman–Crippen MR) is 73.9 cm³/mol. The molecule has 1 heterocycles. The molecule has 0 atom stereocenters. The van der Waals surface area contributed by atoms with Crippen molar-refractivity contribution < 1.29 is 4.79 Å². The van der Waals surface area contributed by atoms with Crippen LogP contribution in [0.2, 0.25) is 5.15 Å². The minimum absolute atomic E-state index is 0.112. The molecule has 0 aliphatic carbocycles. The summed E-state index contributed by atoms with van der Waals surface area (Å²) in [6.45, 7) is 0. The Bertz CT molecular complexity index is 559. The molecule has 17 heavy (non-hydrogen) atoms. The first-order valence-electron chi connectivity index (χ1n) is 5.16. The summed E-state index contributed by atoms with van der Waals surface area (Å²) in [5, 5.41) is 3.97.